The van der Waals surface area contributed by atoms with E-state index in [0.29, 0.717) is 11.5 Å². The predicted molar refractivity (Wildman–Crippen MR) is 101 cm³/mol. The van der Waals surface area contributed by atoms with Crippen molar-refractivity contribution in [2.75, 3.05) is 52.0 Å². The van der Waals surface area contributed by atoms with Crippen molar-refractivity contribution in [3.05, 3.63) is 17.7 Å². The second-order valence-electron chi connectivity index (χ2n) is 6.51. The minimum Gasteiger partial charge on any atom is -0.493 e. The van der Waals surface area contributed by atoms with Crippen LogP contribution in [0.25, 0.3) is 0 Å². The molecule has 146 valence electrons. The summed E-state index contributed by atoms with van der Waals surface area (Å²) in [6.07, 6.45) is 2.79. The Morgan fingerprint density at radius 3 is 2.23 bits per heavy atom. The van der Waals surface area contributed by atoms with Gasteiger partial charge in [0.25, 0.3) is 5.91 Å². The molecule has 26 heavy (non-hydrogen) atoms. The first-order valence-corrected chi connectivity index (χ1v) is 10.2. The van der Waals surface area contributed by atoms with E-state index in [0.717, 1.165) is 36.5 Å². The first-order valence-electron chi connectivity index (χ1n) is 8.36. The van der Waals surface area contributed by atoms with Crippen molar-refractivity contribution in [1.82, 2.24) is 10.2 Å². The summed E-state index contributed by atoms with van der Waals surface area (Å²) in [5.41, 5.74) is 0.477. The fourth-order valence-electron chi connectivity index (χ4n) is 2.91. The van der Waals surface area contributed by atoms with Gasteiger partial charge in [-0.3, -0.25) is 9.10 Å². The lowest BCUT2D eigenvalue weighted by atomic mass is 10.0. The molecule has 0 bridgehead atoms. The summed E-state index contributed by atoms with van der Waals surface area (Å²) in [6, 6.07) is 3.08. The fourth-order valence-corrected chi connectivity index (χ4v) is 3.41. The molecule has 0 radical (unpaired) electrons. The zero-order chi connectivity index (χ0) is 19.5. The number of benzene rings is 1. The molecule has 1 saturated heterocycles. The van der Waals surface area contributed by atoms with E-state index in [-0.39, 0.29) is 23.2 Å². The zero-order valence-electron chi connectivity index (χ0n) is 15.9. The molecular weight excluding hydrogens is 358 g/mol. The minimum atomic E-state index is -3.55. The van der Waals surface area contributed by atoms with E-state index in [1.54, 1.807) is 0 Å². The van der Waals surface area contributed by atoms with Gasteiger partial charge in [0.1, 0.15) is 0 Å². The van der Waals surface area contributed by atoms with Crippen molar-refractivity contribution in [3.8, 4) is 11.5 Å². The van der Waals surface area contributed by atoms with Crippen LogP contribution >= 0.6 is 0 Å². The van der Waals surface area contributed by atoms with Crippen LogP contribution in [0.2, 0.25) is 0 Å². The van der Waals surface area contributed by atoms with E-state index in [1.807, 2.05) is 7.05 Å². The number of piperidine rings is 1. The fraction of sp³-hybridized carbons (Fsp3) is 0.588. The summed E-state index contributed by atoms with van der Waals surface area (Å²) in [5, 5.41) is 3.01. The van der Waals surface area contributed by atoms with Crippen molar-refractivity contribution >= 4 is 21.6 Å². The normalized spacial score (nSPS) is 16.2. The molecular formula is C17H27N3O5S. The molecule has 1 amide bonds. The van der Waals surface area contributed by atoms with E-state index >= 15 is 0 Å². The number of anilines is 1. The zero-order valence-corrected chi connectivity index (χ0v) is 16.7. The van der Waals surface area contributed by atoms with Gasteiger partial charge in [0.2, 0.25) is 10.0 Å². The van der Waals surface area contributed by atoms with Gasteiger partial charge in [-0.15, -0.1) is 0 Å². The number of rotatable bonds is 6. The van der Waals surface area contributed by atoms with Crippen molar-refractivity contribution < 1.29 is 22.7 Å². The Morgan fingerprint density at radius 1 is 1.19 bits per heavy atom. The van der Waals surface area contributed by atoms with E-state index in [2.05, 4.69) is 10.2 Å². The number of amides is 1. The number of sulfonamides is 1. The lowest BCUT2D eigenvalue weighted by Crippen LogP contribution is -2.43. The van der Waals surface area contributed by atoms with Crippen LogP contribution in [0.15, 0.2) is 12.1 Å². The van der Waals surface area contributed by atoms with Crippen LogP contribution in [-0.2, 0) is 10.0 Å². The quantitative estimate of drug-likeness (QED) is 0.784. The molecule has 0 aromatic heterocycles. The summed E-state index contributed by atoms with van der Waals surface area (Å²) in [6.45, 7) is 1.82. The second-order valence-corrected chi connectivity index (χ2v) is 8.52. The third-order valence-corrected chi connectivity index (χ3v) is 5.83. The summed E-state index contributed by atoms with van der Waals surface area (Å²) in [4.78, 5) is 15.1. The summed E-state index contributed by atoms with van der Waals surface area (Å²) >= 11 is 0. The predicted octanol–water partition coefficient (Wildman–Crippen LogP) is 0.924. The molecule has 0 atom stereocenters. The van der Waals surface area contributed by atoms with Crippen molar-refractivity contribution in [3.63, 3.8) is 0 Å². The van der Waals surface area contributed by atoms with Crippen molar-refractivity contribution in [2.45, 2.75) is 18.9 Å². The molecule has 1 aromatic rings. The van der Waals surface area contributed by atoms with Crippen LogP contribution in [0, 0.1) is 0 Å². The highest BCUT2D eigenvalue weighted by Crippen LogP contribution is 2.35. The molecule has 1 fully saturated rings. The van der Waals surface area contributed by atoms with Gasteiger partial charge in [0.15, 0.2) is 11.5 Å². The molecule has 8 nitrogen and oxygen atoms in total. The van der Waals surface area contributed by atoms with E-state index in [9.17, 15) is 13.2 Å². The lowest BCUT2D eigenvalue weighted by molar-refractivity contribution is 0.0917. The standard InChI is InChI=1S/C17H27N3O5S/c1-19-8-6-12(7-9-19)18-17(21)13-10-15(24-3)16(25-4)11-14(13)20(2)26(5,22)23/h10-12H,6-9H2,1-5H3,(H,18,21). The average molecular weight is 385 g/mol. The smallest absolute Gasteiger partial charge is 0.253 e. The van der Waals surface area contributed by atoms with Gasteiger partial charge in [0.05, 0.1) is 31.7 Å². The molecule has 2 rings (SSSR count). The number of nitrogens with one attached hydrogen (secondary N) is 1. The van der Waals surface area contributed by atoms with Gasteiger partial charge < -0.3 is 19.7 Å². The molecule has 9 heteroatoms. The molecule has 0 aliphatic carbocycles. The molecule has 0 unspecified atom stereocenters. The van der Waals surface area contributed by atoms with E-state index in [1.165, 1.54) is 33.4 Å². The maximum absolute atomic E-state index is 12.9. The van der Waals surface area contributed by atoms with Gasteiger partial charge in [-0.25, -0.2) is 8.42 Å². The van der Waals surface area contributed by atoms with Crippen LogP contribution in [-0.4, -0.2) is 72.9 Å². The van der Waals surface area contributed by atoms with Crippen LogP contribution in [0.4, 0.5) is 5.69 Å². The van der Waals surface area contributed by atoms with Gasteiger partial charge in [-0.2, -0.15) is 0 Å². The highest BCUT2D eigenvalue weighted by Gasteiger charge is 2.26. The Kier molecular flexibility index (Phi) is 6.35. The number of hydrogen-bond acceptors (Lipinski definition) is 6. The van der Waals surface area contributed by atoms with Gasteiger partial charge >= 0.3 is 0 Å². The van der Waals surface area contributed by atoms with E-state index < -0.39 is 10.0 Å². The maximum atomic E-state index is 12.9. The topological polar surface area (TPSA) is 88.2 Å². The Hall–Kier alpha value is -2.00. The van der Waals surface area contributed by atoms with Crippen molar-refractivity contribution in [1.29, 1.82) is 0 Å². The van der Waals surface area contributed by atoms with Crippen LogP contribution in [0.5, 0.6) is 11.5 Å². The van der Waals surface area contributed by atoms with Crippen molar-refractivity contribution in [2.24, 2.45) is 0 Å². The third kappa shape index (κ3) is 4.59. The number of methoxy groups -OCH3 is 2. The first-order chi connectivity index (χ1) is 12.2. The molecule has 1 aliphatic heterocycles. The summed E-state index contributed by atoms with van der Waals surface area (Å²) < 4.78 is 35.6. The maximum Gasteiger partial charge on any atom is 0.253 e. The second kappa shape index (κ2) is 8.13. The Labute approximate surface area is 155 Å². The van der Waals surface area contributed by atoms with Crippen LogP contribution in [0.1, 0.15) is 23.2 Å². The number of hydrogen-bond donors (Lipinski definition) is 1. The average Bonchev–Trinajstić information content (AvgIpc) is 2.60. The molecule has 0 spiro atoms. The number of carbonyl (C=O) groups excluding carboxylic acids is 1. The Bertz CT molecular complexity index is 758. The Morgan fingerprint density at radius 2 is 1.73 bits per heavy atom. The number of nitrogens with zero attached hydrogens (tertiary/aromatic N) is 2. The number of ether oxygens (including phenoxy) is 2. The number of likely N-dealkylation sites (tertiary alicyclic amines) is 1. The highest BCUT2D eigenvalue weighted by molar-refractivity contribution is 7.92. The molecule has 1 aliphatic rings. The van der Waals surface area contributed by atoms with Gasteiger partial charge in [-0.05, 0) is 39.0 Å². The summed E-state index contributed by atoms with van der Waals surface area (Å²) in [7, 11) is 2.83. The van der Waals surface area contributed by atoms with Gasteiger partial charge in [-0.1, -0.05) is 0 Å². The van der Waals surface area contributed by atoms with E-state index in [4.69, 9.17) is 9.47 Å². The molecule has 1 N–H and O–H groups in total. The van der Waals surface area contributed by atoms with Gasteiger partial charge in [0, 0.05) is 19.2 Å². The van der Waals surface area contributed by atoms with Crippen LogP contribution < -0.4 is 19.1 Å². The molecule has 1 aromatic carbocycles. The summed E-state index contributed by atoms with van der Waals surface area (Å²) in [5.74, 6) is 0.395. The molecule has 1 heterocycles. The van der Waals surface area contributed by atoms with Crippen LogP contribution in [0.3, 0.4) is 0 Å². The minimum absolute atomic E-state index is 0.0585. The largest absolute Gasteiger partial charge is 0.493 e. The Balaban J connectivity index is 2.39. The number of carbonyl (C=O) groups is 1. The monoisotopic (exact) mass is 385 g/mol. The third-order valence-electron chi connectivity index (χ3n) is 4.64. The highest BCUT2D eigenvalue weighted by atomic mass is 32.2. The lowest BCUT2D eigenvalue weighted by Gasteiger charge is -2.30. The molecule has 0 saturated carbocycles. The first kappa shape index (κ1) is 20.3. The SMILES string of the molecule is COc1cc(C(=O)NC2CCN(C)CC2)c(N(C)S(C)(=O)=O)cc1OC.